The van der Waals surface area contributed by atoms with Crippen LogP contribution in [0.4, 0.5) is 25.2 Å². The summed E-state index contributed by atoms with van der Waals surface area (Å²) in [6, 6.07) is 40.4. The van der Waals surface area contributed by atoms with Gasteiger partial charge in [-0.2, -0.15) is 0 Å². The van der Waals surface area contributed by atoms with Crippen LogP contribution in [-0.4, -0.2) is 98.4 Å². The zero-order chi connectivity index (χ0) is 49.4. The van der Waals surface area contributed by atoms with Gasteiger partial charge >= 0.3 is 39.0 Å². The van der Waals surface area contributed by atoms with Crippen molar-refractivity contribution in [2.75, 3.05) is 92.4 Å². The summed E-state index contributed by atoms with van der Waals surface area (Å²) in [6.07, 6.45) is 0.833. The zero-order valence-electron chi connectivity index (χ0n) is 38.7. The second-order valence-corrected chi connectivity index (χ2v) is 17.6. The number of halogens is 6. The Balaban J connectivity index is 0.000000227. The SMILES string of the molecule is Cc1cc(C)cc(C(=O)OCCC[NH2+]Cc2c3ccccc3cc3ccccc23)c1.F[P-](F)(F)(F)(F)F.c1ccc2c(c1)OCCOCCOCCOc1ccccc1OCCOCCOCCO2. The smallest absolute Gasteiger partial charge is 0.161 e. The van der Waals surface area contributed by atoms with Crippen molar-refractivity contribution in [1.29, 1.82) is 0 Å². The Morgan fingerprint density at radius 1 is 0.507 bits per heavy atom. The molecule has 0 fully saturated rings. The molecule has 6 aromatic carbocycles. The molecular weight excluding hydrogens is 932 g/mol. The van der Waals surface area contributed by atoms with E-state index >= 15 is 0 Å². The fourth-order valence-electron chi connectivity index (χ4n) is 7.01. The Morgan fingerprint density at radius 3 is 1.25 bits per heavy atom. The van der Waals surface area contributed by atoms with Gasteiger partial charge in [-0.15, -0.1) is 0 Å². The minimum atomic E-state index is -10.7. The Kier molecular flexibility index (Phi) is 20.7. The summed E-state index contributed by atoms with van der Waals surface area (Å²) in [5, 5.41) is 7.49. The fraction of sp³-hybridized carbons (Fsp3) is 0.353. The topological polar surface area (TPSA) is 117 Å². The molecule has 0 aliphatic carbocycles. The van der Waals surface area contributed by atoms with Gasteiger partial charge in [0.25, 0.3) is 0 Å². The molecule has 18 heteroatoms. The number of para-hydroxylation sites is 4. The van der Waals surface area contributed by atoms with Crippen LogP contribution in [-0.2, 0) is 30.2 Å². The normalized spacial score (nSPS) is 15.7. The number of carbonyl (C=O) groups excluding carboxylic acids is 1. The summed E-state index contributed by atoms with van der Waals surface area (Å²) < 4.78 is 110. The number of hydrogen-bond acceptors (Lipinski definition) is 10. The molecule has 376 valence electrons. The van der Waals surface area contributed by atoms with Crippen molar-refractivity contribution in [2.24, 2.45) is 0 Å². The number of hydrogen-bond donors (Lipinski definition) is 1. The number of carbonyl (C=O) groups is 1. The fourth-order valence-corrected chi connectivity index (χ4v) is 7.01. The number of nitrogens with two attached hydrogens (primary N) is 1. The number of ether oxygens (including phenoxy) is 9. The van der Waals surface area contributed by atoms with Gasteiger partial charge in [-0.05, 0) is 77.9 Å². The van der Waals surface area contributed by atoms with E-state index in [1.807, 2.05) is 74.5 Å². The van der Waals surface area contributed by atoms with E-state index < -0.39 is 7.81 Å². The monoisotopic (exact) mass is 991 g/mol. The van der Waals surface area contributed by atoms with Gasteiger partial charge in [0.1, 0.15) is 33.0 Å². The molecular formula is C51H60F6NO10P. The van der Waals surface area contributed by atoms with Crippen LogP contribution >= 0.6 is 7.81 Å². The number of rotatable bonds is 7. The zero-order valence-corrected chi connectivity index (χ0v) is 39.6. The number of benzene rings is 6. The molecule has 7 rings (SSSR count). The van der Waals surface area contributed by atoms with Crippen LogP contribution in [0.15, 0.2) is 121 Å². The number of esters is 1. The third kappa shape index (κ3) is 22.1. The molecule has 0 bridgehead atoms. The maximum absolute atomic E-state index is 12.3. The molecule has 1 aliphatic rings. The summed E-state index contributed by atoms with van der Waals surface area (Å²) in [4.78, 5) is 12.3. The van der Waals surface area contributed by atoms with Crippen molar-refractivity contribution in [3.05, 3.63) is 144 Å². The average molecular weight is 992 g/mol. The van der Waals surface area contributed by atoms with Gasteiger partial charge in [0.05, 0.1) is 71.6 Å². The minimum Gasteiger partial charge on any atom is -0.487 e. The van der Waals surface area contributed by atoms with E-state index in [4.69, 9.17) is 42.6 Å². The first-order chi connectivity index (χ1) is 33.0. The van der Waals surface area contributed by atoms with Crippen LogP contribution in [0.25, 0.3) is 21.5 Å². The van der Waals surface area contributed by atoms with Crippen LogP contribution in [0, 0.1) is 13.8 Å². The summed E-state index contributed by atoms with van der Waals surface area (Å²) in [5.74, 6) is 2.50. The Hall–Kier alpha value is -5.68. The van der Waals surface area contributed by atoms with E-state index in [0.29, 0.717) is 114 Å². The van der Waals surface area contributed by atoms with Gasteiger partial charge in [-0.25, -0.2) is 4.79 Å². The molecule has 0 spiro atoms. The molecule has 0 atom stereocenters. The van der Waals surface area contributed by atoms with Gasteiger partial charge in [0.2, 0.25) is 0 Å². The molecule has 11 nitrogen and oxygen atoms in total. The van der Waals surface area contributed by atoms with Crippen molar-refractivity contribution < 1.29 is 77.9 Å². The quantitative estimate of drug-likeness (QED) is 0.0545. The van der Waals surface area contributed by atoms with Crippen LogP contribution in [0.1, 0.15) is 33.5 Å². The van der Waals surface area contributed by atoms with Crippen molar-refractivity contribution in [1.82, 2.24) is 0 Å². The molecule has 0 aromatic heterocycles. The minimum absolute atomic E-state index is 0.234. The van der Waals surface area contributed by atoms with Crippen LogP contribution < -0.4 is 24.3 Å². The molecule has 0 unspecified atom stereocenters. The molecule has 0 radical (unpaired) electrons. The van der Waals surface area contributed by atoms with E-state index in [1.54, 1.807) is 0 Å². The van der Waals surface area contributed by atoms with E-state index in [0.717, 1.165) is 30.6 Å². The van der Waals surface area contributed by atoms with Gasteiger partial charge < -0.3 is 47.9 Å². The molecule has 0 amide bonds. The molecule has 6 aromatic rings. The predicted molar refractivity (Wildman–Crippen MR) is 254 cm³/mol. The number of quaternary nitrogens is 1. The van der Waals surface area contributed by atoms with E-state index in [2.05, 4.69) is 66.0 Å². The molecule has 0 saturated heterocycles. The Bertz CT molecular complexity index is 2310. The van der Waals surface area contributed by atoms with E-state index in [1.165, 1.54) is 27.1 Å². The molecule has 1 heterocycles. The van der Waals surface area contributed by atoms with Gasteiger partial charge in [0, 0.05) is 12.0 Å². The van der Waals surface area contributed by atoms with Gasteiger partial charge in [0.15, 0.2) is 23.0 Å². The van der Waals surface area contributed by atoms with Crippen LogP contribution in [0.2, 0.25) is 0 Å². The molecule has 0 saturated carbocycles. The second-order valence-electron chi connectivity index (χ2n) is 15.6. The van der Waals surface area contributed by atoms with Crippen molar-refractivity contribution >= 4 is 35.3 Å². The molecule has 1 aliphatic heterocycles. The van der Waals surface area contributed by atoms with Crippen LogP contribution in [0.5, 0.6) is 23.0 Å². The predicted octanol–water partition coefficient (Wildman–Crippen LogP) is 11.3. The second kappa shape index (κ2) is 26.3. The first kappa shape index (κ1) is 54.3. The third-order valence-corrected chi connectivity index (χ3v) is 9.86. The van der Waals surface area contributed by atoms with Crippen molar-refractivity contribution in [3.63, 3.8) is 0 Å². The van der Waals surface area contributed by atoms with Gasteiger partial charge in [-0.1, -0.05) is 90.0 Å². The number of fused-ring (bicyclic) bond motifs is 4. The average Bonchev–Trinajstić information content (AvgIpc) is 3.30. The summed E-state index contributed by atoms with van der Waals surface area (Å²) >= 11 is 0. The maximum Gasteiger partial charge on any atom is 0.161 e. The summed E-state index contributed by atoms with van der Waals surface area (Å²) in [7, 11) is -10.7. The largest absolute Gasteiger partial charge is 0.487 e. The first-order valence-corrected chi connectivity index (χ1v) is 24.6. The maximum atomic E-state index is 12.3. The van der Waals surface area contributed by atoms with Crippen molar-refractivity contribution in [3.8, 4) is 23.0 Å². The third-order valence-electron chi connectivity index (χ3n) is 9.86. The van der Waals surface area contributed by atoms with Crippen molar-refractivity contribution in [2.45, 2.75) is 26.8 Å². The van der Waals surface area contributed by atoms with Crippen LogP contribution in [0.3, 0.4) is 0 Å². The van der Waals surface area contributed by atoms with E-state index in [-0.39, 0.29) is 5.97 Å². The molecule has 69 heavy (non-hydrogen) atoms. The van der Waals surface area contributed by atoms with E-state index in [9.17, 15) is 30.0 Å². The first-order valence-electron chi connectivity index (χ1n) is 22.5. The summed E-state index contributed by atoms with van der Waals surface area (Å²) in [6.45, 7) is 11.7. The summed E-state index contributed by atoms with van der Waals surface area (Å²) in [5.41, 5.74) is 4.17. The Labute approximate surface area is 398 Å². The number of aryl methyl sites for hydroxylation is 2. The Morgan fingerprint density at radius 2 is 0.855 bits per heavy atom. The molecule has 2 N–H and O–H groups in total. The standard InChI is InChI=1S/C27H27NO2.C24H32O8.F6P/c1-19-14-20(2)16-23(15-19)27(29)30-13-7-12-28-18-26-24-10-5-3-8-21(24)17-22-9-4-6-11-25(22)26;1-2-6-22-21(5-1)29-17-13-25-9-10-27-15-19-31-23-7-3-4-8-24(23)32-20-16-28-12-11-26-14-18-30-22;1-7(2,3,4,5)6/h3-6,8-11,14-17,28H,7,12-13,18H2,1-2H3;1-8H,9-20H2;/q;;-1/p+1. The van der Waals surface area contributed by atoms with Gasteiger partial charge in [-0.3, -0.25) is 0 Å².